The minimum Gasteiger partial charge on any atom is -0.360 e. The molecule has 0 aliphatic heterocycles. The molecular formula is C34H38N4O5. The van der Waals surface area contributed by atoms with Crippen LogP contribution >= 0.6 is 0 Å². The van der Waals surface area contributed by atoms with Crippen molar-refractivity contribution in [3.8, 4) is 0 Å². The normalized spacial score (nSPS) is 12.8. The molecule has 4 aromatic rings. The first-order valence-corrected chi connectivity index (χ1v) is 14.4. The highest BCUT2D eigenvalue weighted by atomic mass is 16.2. The van der Waals surface area contributed by atoms with Gasteiger partial charge in [-0.2, -0.15) is 0 Å². The lowest BCUT2D eigenvalue weighted by atomic mass is 9.92. The minimum absolute atomic E-state index is 0.000367. The lowest BCUT2D eigenvalue weighted by molar-refractivity contribution is -0.133. The summed E-state index contributed by atoms with van der Waals surface area (Å²) < 4.78 is 0. The Morgan fingerprint density at radius 3 is 2.21 bits per heavy atom. The summed E-state index contributed by atoms with van der Waals surface area (Å²) in [5, 5.41) is 11.2. The van der Waals surface area contributed by atoms with Crippen LogP contribution in [0, 0.1) is 5.92 Å². The third kappa shape index (κ3) is 8.38. The van der Waals surface area contributed by atoms with E-state index in [1.54, 1.807) is 25.1 Å². The lowest BCUT2D eigenvalue weighted by Gasteiger charge is -2.23. The molecule has 43 heavy (non-hydrogen) atoms. The highest BCUT2D eigenvalue weighted by Gasteiger charge is 2.31. The lowest BCUT2D eigenvalue weighted by Crippen LogP contribution is -2.45. The van der Waals surface area contributed by atoms with Gasteiger partial charge in [-0.25, -0.2) is 0 Å². The van der Waals surface area contributed by atoms with E-state index in [0.717, 1.165) is 16.3 Å². The molecule has 0 unspecified atom stereocenters. The van der Waals surface area contributed by atoms with E-state index in [1.807, 2.05) is 69.3 Å². The number of Topliss-reactive ketones (excluding diaryl/α,β-unsaturated/α-hetero) is 2. The second-order valence-electron chi connectivity index (χ2n) is 11.9. The summed E-state index contributed by atoms with van der Waals surface area (Å²) in [5.41, 5.74) is 1.36. The van der Waals surface area contributed by atoms with Crippen molar-refractivity contribution < 1.29 is 24.0 Å². The van der Waals surface area contributed by atoms with Crippen LogP contribution in [-0.2, 0) is 25.7 Å². The maximum absolute atomic E-state index is 13.3. The summed E-state index contributed by atoms with van der Waals surface area (Å²) in [6.45, 7) is 7.45. The van der Waals surface area contributed by atoms with Crippen molar-refractivity contribution in [3.63, 3.8) is 0 Å². The van der Waals surface area contributed by atoms with Crippen LogP contribution in [0.3, 0.4) is 0 Å². The zero-order valence-electron chi connectivity index (χ0n) is 25.0. The number of nitrogens with one attached hydrogen (secondary N) is 4. The summed E-state index contributed by atoms with van der Waals surface area (Å²) >= 11 is 0. The van der Waals surface area contributed by atoms with Crippen LogP contribution in [0.4, 0.5) is 0 Å². The van der Waals surface area contributed by atoms with Gasteiger partial charge >= 0.3 is 0 Å². The number of benzene rings is 3. The van der Waals surface area contributed by atoms with Crippen LogP contribution in [0.15, 0.2) is 72.9 Å². The molecular weight excluding hydrogens is 544 g/mol. The van der Waals surface area contributed by atoms with E-state index >= 15 is 0 Å². The highest BCUT2D eigenvalue weighted by Crippen LogP contribution is 2.21. The summed E-state index contributed by atoms with van der Waals surface area (Å²) in [6.07, 6.45) is 0.753. The van der Waals surface area contributed by atoms with Crippen molar-refractivity contribution in [2.24, 2.45) is 5.92 Å². The predicted octanol–water partition coefficient (Wildman–Crippen LogP) is 4.60. The molecule has 0 bridgehead atoms. The molecule has 9 heteroatoms. The minimum atomic E-state index is -1.09. The summed E-state index contributed by atoms with van der Waals surface area (Å²) in [4.78, 5) is 68.0. The van der Waals surface area contributed by atoms with Crippen LogP contribution in [0.2, 0.25) is 0 Å². The maximum Gasteiger partial charge on any atom is 0.230 e. The Morgan fingerprint density at radius 1 is 0.791 bits per heavy atom. The molecule has 0 radical (unpaired) electrons. The Kier molecular flexibility index (Phi) is 9.75. The van der Waals surface area contributed by atoms with Crippen molar-refractivity contribution in [1.29, 1.82) is 0 Å². The van der Waals surface area contributed by atoms with Crippen molar-refractivity contribution in [3.05, 3.63) is 84.1 Å². The zero-order chi connectivity index (χ0) is 31.1. The van der Waals surface area contributed by atoms with Gasteiger partial charge in [-0.05, 0) is 50.1 Å². The molecule has 0 aliphatic rings. The first-order chi connectivity index (χ1) is 20.4. The van der Waals surface area contributed by atoms with Gasteiger partial charge in [0.1, 0.15) is 0 Å². The largest absolute Gasteiger partial charge is 0.360 e. The molecule has 4 N–H and O–H groups in total. The summed E-state index contributed by atoms with van der Waals surface area (Å²) in [5.74, 6) is -3.83. The number of hydrogen-bond acceptors (Lipinski definition) is 5. The van der Waals surface area contributed by atoms with Crippen molar-refractivity contribution in [1.82, 2.24) is 20.9 Å². The number of fused-ring (bicyclic) bond motifs is 2. The van der Waals surface area contributed by atoms with Gasteiger partial charge in [0.2, 0.25) is 29.3 Å². The van der Waals surface area contributed by atoms with Crippen molar-refractivity contribution in [2.45, 2.75) is 65.1 Å². The second-order valence-corrected chi connectivity index (χ2v) is 11.9. The van der Waals surface area contributed by atoms with E-state index < -0.39 is 47.3 Å². The van der Waals surface area contributed by atoms with Crippen LogP contribution in [0.1, 0.15) is 62.9 Å². The SMILES string of the molecule is C[C@@H](CC(=O)NCc1cccc2ccccc12)NC(=O)[C@H](CC(=O)NC(C)(C)C)CC(=O)C(=O)c1c[nH]c2ccccc12. The fourth-order valence-electron chi connectivity index (χ4n) is 5.08. The van der Waals surface area contributed by atoms with E-state index in [0.29, 0.717) is 17.4 Å². The smallest absolute Gasteiger partial charge is 0.230 e. The van der Waals surface area contributed by atoms with E-state index in [4.69, 9.17) is 0 Å². The van der Waals surface area contributed by atoms with Gasteiger partial charge < -0.3 is 20.9 Å². The Labute approximate surface area is 250 Å². The number of carbonyl (C=O) groups is 5. The number of rotatable bonds is 12. The Hall–Kier alpha value is -4.79. The van der Waals surface area contributed by atoms with E-state index in [9.17, 15) is 24.0 Å². The quantitative estimate of drug-likeness (QED) is 0.143. The van der Waals surface area contributed by atoms with Gasteiger partial charge in [-0.1, -0.05) is 60.7 Å². The number of para-hydroxylation sites is 1. The molecule has 0 aliphatic carbocycles. The Morgan fingerprint density at radius 2 is 1.47 bits per heavy atom. The van der Waals surface area contributed by atoms with E-state index in [2.05, 4.69) is 20.9 Å². The number of hydrogen-bond donors (Lipinski definition) is 4. The number of aromatic nitrogens is 1. The fourth-order valence-corrected chi connectivity index (χ4v) is 5.08. The molecule has 2 atom stereocenters. The fraction of sp³-hybridized carbons (Fsp3) is 0.324. The average Bonchev–Trinajstić information content (AvgIpc) is 3.38. The second kappa shape index (κ2) is 13.5. The number of aromatic amines is 1. The third-order valence-electron chi connectivity index (χ3n) is 7.07. The van der Waals surface area contributed by atoms with Gasteiger partial charge in [0, 0.05) is 54.5 Å². The van der Waals surface area contributed by atoms with Gasteiger partial charge in [0.15, 0.2) is 0 Å². The molecule has 4 rings (SSSR count). The van der Waals surface area contributed by atoms with E-state index in [1.165, 1.54) is 6.20 Å². The number of carbonyl (C=O) groups excluding carboxylic acids is 5. The number of amides is 3. The Balaban J connectivity index is 1.39. The Bertz CT molecular complexity index is 1660. The van der Waals surface area contributed by atoms with Crippen LogP contribution in [0.5, 0.6) is 0 Å². The molecule has 0 saturated heterocycles. The van der Waals surface area contributed by atoms with Crippen molar-refractivity contribution >= 4 is 51.0 Å². The monoisotopic (exact) mass is 582 g/mol. The van der Waals surface area contributed by atoms with Gasteiger partial charge in [-0.15, -0.1) is 0 Å². The summed E-state index contributed by atoms with van der Waals surface area (Å²) in [6, 6.07) is 20.4. The number of ketones is 2. The third-order valence-corrected chi connectivity index (χ3v) is 7.07. The van der Waals surface area contributed by atoms with Gasteiger partial charge in [0.05, 0.1) is 11.5 Å². The molecule has 3 aromatic carbocycles. The average molecular weight is 583 g/mol. The van der Waals surface area contributed by atoms with E-state index in [-0.39, 0.29) is 24.3 Å². The molecule has 0 spiro atoms. The molecule has 0 fully saturated rings. The van der Waals surface area contributed by atoms with Crippen LogP contribution in [-0.4, -0.2) is 45.9 Å². The van der Waals surface area contributed by atoms with Gasteiger partial charge in [0.25, 0.3) is 0 Å². The molecule has 224 valence electrons. The first kappa shape index (κ1) is 31.2. The highest BCUT2D eigenvalue weighted by molar-refractivity contribution is 6.46. The van der Waals surface area contributed by atoms with Crippen molar-refractivity contribution in [2.75, 3.05) is 0 Å². The first-order valence-electron chi connectivity index (χ1n) is 14.4. The summed E-state index contributed by atoms with van der Waals surface area (Å²) in [7, 11) is 0. The zero-order valence-corrected chi connectivity index (χ0v) is 25.0. The van der Waals surface area contributed by atoms with Crippen LogP contribution in [0.25, 0.3) is 21.7 Å². The molecule has 3 amide bonds. The molecule has 9 nitrogen and oxygen atoms in total. The number of H-pyrrole nitrogens is 1. The van der Waals surface area contributed by atoms with Gasteiger partial charge in [-0.3, -0.25) is 24.0 Å². The predicted molar refractivity (Wildman–Crippen MR) is 166 cm³/mol. The van der Waals surface area contributed by atoms with Crippen LogP contribution < -0.4 is 16.0 Å². The molecule has 0 saturated carbocycles. The topological polar surface area (TPSA) is 137 Å². The molecule has 1 heterocycles. The maximum atomic E-state index is 13.3. The molecule has 1 aromatic heterocycles. The standard InChI is InChI=1S/C34H38N4O5/c1-21(16-30(40)36-19-23-12-9-11-22-10-5-6-13-25(22)23)37-33(43)24(18-31(41)38-34(2,3)4)17-29(39)32(42)27-20-35-28-15-8-7-14-26(27)28/h5-15,20-21,24,35H,16-19H2,1-4H3,(H,36,40)(H,37,43)(H,38,41)/t21-,24-/m0/s1.